The third-order valence-corrected chi connectivity index (χ3v) is 4.13. The van der Waals surface area contributed by atoms with Gasteiger partial charge in [0.1, 0.15) is 0 Å². The van der Waals surface area contributed by atoms with Gasteiger partial charge in [0.15, 0.2) is 0 Å². The maximum absolute atomic E-state index is 11.7. The van der Waals surface area contributed by atoms with Crippen LogP contribution in [0.15, 0.2) is 28.7 Å². The molecule has 0 saturated carbocycles. The summed E-state index contributed by atoms with van der Waals surface area (Å²) in [5.41, 5.74) is 1.05. The van der Waals surface area contributed by atoms with Crippen molar-refractivity contribution in [1.82, 2.24) is 5.32 Å². The molecule has 0 saturated heterocycles. The largest absolute Gasteiger partial charge is 0.355 e. The van der Waals surface area contributed by atoms with Crippen molar-refractivity contribution in [2.24, 2.45) is 5.14 Å². The molecule has 7 heteroatoms. The number of carbonyl (C=O) groups excluding carboxylic acids is 1. The minimum Gasteiger partial charge on any atom is -0.355 e. The minimum absolute atomic E-state index is 0.0420. The van der Waals surface area contributed by atoms with E-state index in [1.807, 2.05) is 31.2 Å². The van der Waals surface area contributed by atoms with E-state index in [4.69, 9.17) is 5.14 Å². The number of nitrogens with one attached hydrogen (secondary N) is 1. The van der Waals surface area contributed by atoms with Crippen LogP contribution in [0.1, 0.15) is 24.8 Å². The lowest BCUT2D eigenvalue weighted by atomic mass is 9.97. The quantitative estimate of drug-likeness (QED) is 0.812. The van der Waals surface area contributed by atoms with E-state index in [-0.39, 0.29) is 24.1 Å². The van der Waals surface area contributed by atoms with Gasteiger partial charge in [0.25, 0.3) is 0 Å². The maximum Gasteiger partial charge on any atom is 0.220 e. The number of benzene rings is 1. The molecule has 0 radical (unpaired) electrons. The Hall–Kier alpha value is -0.920. The molecule has 19 heavy (non-hydrogen) atoms. The van der Waals surface area contributed by atoms with Gasteiger partial charge in [0.2, 0.25) is 15.9 Å². The number of hydrogen-bond donors (Lipinski definition) is 2. The molecule has 3 N–H and O–H groups in total. The Morgan fingerprint density at radius 3 is 2.63 bits per heavy atom. The fourth-order valence-corrected chi connectivity index (χ4v) is 2.73. The summed E-state index contributed by atoms with van der Waals surface area (Å²) in [5.74, 6) is -0.390. The molecular weight excluding hydrogens is 332 g/mol. The van der Waals surface area contributed by atoms with Gasteiger partial charge in [-0.25, -0.2) is 13.6 Å². The topological polar surface area (TPSA) is 89.3 Å². The van der Waals surface area contributed by atoms with Crippen molar-refractivity contribution in [2.45, 2.75) is 19.3 Å². The van der Waals surface area contributed by atoms with Gasteiger partial charge >= 0.3 is 0 Å². The number of rotatable bonds is 6. The number of hydrogen-bond acceptors (Lipinski definition) is 3. The molecule has 0 fully saturated rings. The first-order chi connectivity index (χ1) is 8.79. The number of nitrogens with two attached hydrogens (primary N) is 1. The van der Waals surface area contributed by atoms with Gasteiger partial charge in [0, 0.05) is 17.4 Å². The summed E-state index contributed by atoms with van der Waals surface area (Å²) in [5, 5.41) is 7.39. The molecule has 0 aliphatic carbocycles. The van der Waals surface area contributed by atoms with Crippen LogP contribution in [0.5, 0.6) is 0 Å². The zero-order chi connectivity index (χ0) is 14.5. The minimum atomic E-state index is -3.53. The van der Waals surface area contributed by atoms with Crippen LogP contribution in [0.3, 0.4) is 0 Å². The molecule has 1 rings (SSSR count). The van der Waals surface area contributed by atoms with Gasteiger partial charge in [-0.15, -0.1) is 0 Å². The van der Waals surface area contributed by atoms with Crippen molar-refractivity contribution in [2.75, 3.05) is 12.3 Å². The van der Waals surface area contributed by atoms with E-state index in [9.17, 15) is 13.2 Å². The average Bonchev–Trinajstić information content (AvgIpc) is 2.27. The molecule has 106 valence electrons. The molecule has 0 spiro atoms. The van der Waals surface area contributed by atoms with Crippen LogP contribution in [-0.4, -0.2) is 26.6 Å². The van der Waals surface area contributed by atoms with Crippen LogP contribution in [0.25, 0.3) is 0 Å². The molecule has 0 aliphatic rings. The molecule has 1 atom stereocenters. The molecule has 1 amide bonds. The van der Waals surface area contributed by atoms with Gasteiger partial charge in [-0.3, -0.25) is 4.79 Å². The fraction of sp³-hybridized carbons (Fsp3) is 0.417. The van der Waals surface area contributed by atoms with Crippen LogP contribution >= 0.6 is 15.9 Å². The molecule has 1 aromatic rings. The lowest BCUT2D eigenvalue weighted by Crippen LogP contribution is -2.32. The molecule has 1 aromatic carbocycles. The predicted octanol–water partition coefficient (Wildman–Crippen LogP) is 1.35. The maximum atomic E-state index is 11.7. The molecule has 0 bridgehead atoms. The Morgan fingerprint density at radius 1 is 1.42 bits per heavy atom. The average molecular weight is 349 g/mol. The second-order valence-corrected chi connectivity index (χ2v) is 6.93. The lowest BCUT2D eigenvalue weighted by Gasteiger charge is -2.13. The molecule has 0 unspecified atom stereocenters. The van der Waals surface area contributed by atoms with E-state index >= 15 is 0 Å². The Labute approximate surface area is 121 Å². The number of primary sulfonamides is 1. The van der Waals surface area contributed by atoms with Crippen LogP contribution in [0.4, 0.5) is 0 Å². The van der Waals surface area contributed by atoms with Crippen molar-refractivity contribution < 1.29 is 13.2 Å². The third-order valence-electron chi connectivity index (χ3n) is 2.64. The van der Waals surface area contributed by atoms with Crippen molar-refractivity contribution >= 4 is 31.9 Å². The number of sulfonamides is 1. The standard InChI is InChI=1S/C12H17BrN2O3S/c1-9(10-4-2-3-5-11(10)13)8-12(16)15-6-7-19(14,17)18/h2-5,9H,6-8H2,1H3,(H,15,16)(H2,14,17,18)/t9-/m1/s1. The molecule has 0 heterocycles. The van der Waals surface area contributed by atoms with Crippen LogP contribution in [-0.2, 0) is 14.8 Å². The highest BCUT2D eigenvalue weighted by Crippen LogP contribution is 2.26. The van der Waals surface area contributed by atoms with Gasteiger partial charge < -0.3 is 5.32 Å². The summed E-state index contributed by atoms with van der Waals surface area (Å²) in [7, 11) is -3.53. The summed E-state index contributed by atoms with van der Waals surface area (Å²) in [6.45, 7) is 1.99. The van der Waals surface area contributed by atoms with E-state index < -0.39 is 10.0 Å². The first-order valence-electron chi connectivity index (χ1n) is 5.81. The summed E-state index contributed by atoms with van der Waals surface area (Å²) < 4.78 is 22.4. The van der Waals surface area contributed by atoms with Crippen molar-refractivity contribution in [3.8, 4) is 0 Å². The summed E-state index contributed by atoms with van der Waals surface area (Å²) in [6.07, 6.45) is 0.299. The smallest absolute Gasteiger partial charge is 0.220 e. The number of halogens is 1. The predicted molar refractivity (Wildman–Crippen MR) is 78.2 cm³/mol. The van der Waals surface area contributed by atoms with Gasteiger partial charge in [0.05, 0.1) is 5.75 Å². The Bertz CT molecular complexity index is 546. The molecule has 0 aromatic heterocycles. The van der Waals surface area contributed by atoms with Crippen molar-refractivity contribution in [3.05, 3.63) is 34.3 Å². The van der Waals surface area contributed by atoms with Crippen molar-refractivity contribution in [3.63, 3.8) is 0 Å². The second-order valence-electron chi connectivity index (χ2n) is 4.34. The van der Waals surface area contributed by atoms with Crippen LogP contribution < -0.4 is 10.5 Å². The monoisotopic (exact) mass is 348 g/mol. The molecule has 0 aliphatic heterocycles. The van der Waals surface area contributed by atoms with E-state index in [0.717, 1.165) is 10.0 Å². The van der Waals surface area contributed by atoms with Gasteiger partial charge in [-0.2, -0.15) is 0 Å². The SMILES string of the molecule is C[C@H](CC(=O)NCCS(N)(=O)=O)c1ccccc1Br. The fourth-order valence-electron chi connectivity index (χ4n) is 1.67. The summed E-state index contributed by atoms with van der Waals surface area (Å²) in [6, 6.07) is 7.69. The van der Waals surface area contributed by atoms with Gasteiger partial charge in [-0.1, -0.05) is 41.1 Å². The van der Waals surface area contributed by atoms with Gasteiger partial charge in [-0.05, 0) is 17.5 Å². The van der Waals surface area contributed by atoms with Crippen LogP contribution in [0.2, 0.25) is 0 Å². The highest BCUT2D eigenvalue weighted by atomic mass is 79.9. The Balaban J connectivity index is 2.47. The molecule has 5 nitrogen and oxygen atoms in total. The number of carbonyl (C=O) groups is 1. The van der Waals surface area contributed by atoms with E-state index in [1.165, 1.54) is 0 Å². The summed E-state index contributed by atoms with van der Waals surface area (Å²) >= 11 is 3.44. The third kappa shape index (κ3) is 6.17. The van der Waals surface area contributed by atoms with Crippen molar-refractivity contribution in [1.29, 1.82) is 0 Å². The highest BCUT2D eigenvalue weighted by molar-refractivity contribution is 9.10. The van der Waals surface area contributed by atoms with Crippen LogP contribution in [0, 0.1) is 0 Å². The van der Waals surface area contributed by atoms with E-state index in [0.29, 0.717) is 6.42 Å². The molecular formula is C12H17BrN2O3S. The lowest BCUT2D eigenvalue weighted by molar-refractivity contribution is -0.121. The second kappa shape index (κ2) is 7.02. The zero-order valence-electron chi connectivity index (χ0n) is 10.6. The number of amides is 1. The summed E-state index contributed by atoms with van der Waals surface area (Å²) in [4.78, 5) is 11.7. The first kappa shape index (κ1) is 16.1. The first-order valence-corrected chi connectivity index (χ1v) is 8.32. The normalized spacial score (nSPS) is 13.0. The van der Waals surface area contributed by atoms with E-state index in [2.05, 4.69) is 21.2 Å². The van der Waals surface area contributed by atoms with E-state index in [1.54, 1.807) is 0 Å². The zero-order valence-corrected chi connectivity index (χ0v) is 13.0. The Kier molecular flexibility index (Phi) is 5.96. The highest BCUT2D eigenvalue weighted by Gasteiger charge is 2.13. The Morgan fingerprint density at radius 2 is 2.05 bits per heavy atom.